The van der Waals surface area contributed by atoms with Crippen LogP contribution < -0.4 is 4.90 Å². The number of hydrogen-bond acceptors (Lipinski definition) is 5. The largest absolute Gasteiger partial charge is 0.481 e. The Kier molecular flexibility index (Phi) is 5.76. The third-order valence-corrected chi connectivity index (χ3v) is 4.26. The smallest absolute Gasteiger partial charge is 0.341 e. The van der Waals surface area contributed by atoms with Crippen molar-refractivity contribution < 1.29 is 19.4 Å². The van der Waals surface area contributed by atoms with Gasteiger partial charge in [0.05, 0.1) is 19.1 Å². The number of aliphatic carboxylic acids is 1. The van der Waals surface area contributed by atoms with Crippen LogP contribution >= 0.6 is 11.3 Å². The molecule has 1 rings (SSSR count). The molecule has 20 heavy (non-hydrogen) atoms. The number of methoxy groups -OCH3 is 1. The van der Waals surface area contributed by atoms with E-state index in [9.17, 15) is 9.59 Å². The third kappa shape index (κ3) is 3.60. The normalized spacial score (nSPS) is 10.2. The van der Waals surface area contributed by atoms with Crippen LogP contribution in [0.15, 0.2) is 12.7 Å². The predicted molar refractivity (Wildman–Crippen MR) is 79.8 cm³/mol. The highest BCUT2D eigenvalue weighted by Crippen LogP contribution is 2.36. The Morgan fingerprint density at radius 2 is 2.10 bits per heavy atom. The second-order valence-electron chi connectivity index (χ2n) is 4.33. The lowest BCUT2D eigenvalue weighted by molar-refractivity contribution is -0.136. The molecule has 1 N–H and O–H groups in total. The summed E-state index contributed by atoms with van der Waals surface area (Å²) >= 11 is 1.47. The Balaban J connectivity index is 3.18. The second kappa shape index (κ2) is 7.09. The van der Waals surface area contributed by atoms with Gasteiger partial charge >= 0.3 is 11.9 Å². The fourth-order valence-corrected chi connectivity index (χ4v) is 3.01. The number of esters is 1. The van der Waals surface area contributed by atoms with E-state index in [1.54, 1.807) is 6.08 Å². The number of carboxylic acid groups (broad SMARTS) is 1. The van der Waals surface area contributed by atoms with Crippen molar-refractivity contribution in [2.45, 2.75) is 20.3 Å². The lowest BCUT2D eigenvalue weighted by Crippen LogP contribution is -2.27. The average molecular weight is 297 g/mol. The van der Waals surface area contributed by atoms with Gasteiger partial charge in [-0.2, -0.15) is 0 Å². The van der Waals surface area contributed by atoms with Gasteiger partial charge in [-0.05, 0) is 19.4 Å². The Morgan fingerprint density at radius 1 is 1.45 bits per heavy atom. The molecule has 5 nitrogen and oxygen atoms in total. The molecule has 6 heteroatoms. The lowest BCUT2D eigenvalue weighted by atomic mass is 10.1. The standard InChI is InChI=1S/C14H19NO4S/c1-5-7-15(8-6-11(16)17)13-12(14(18)19-4)9(2)10(3)20-13/h5H,1,6-8H2,2-4H3,(H,16,17). The first-order chi connectivity index (χ1) is 9.42. The number of anilines is 1. The third-order valence-electron chi connectivity index (χ3n) is 2.99. The zero-order chi connectivity index (χ0) is 15.3. The lowest BCUT2D eigenvalue weighted by Gasteiger charge is -2.22. The van der Waals surface area contributed by atoms with Gasteiger partial charge < -0.3 is 14.7 Å². The average Bonchev–Trinajstić information content (AvgIpc) is 2.69. The van der Waals surface area contributed by atoms with Gasteiger partial charge in [-0.25, -0.2) is 4.79 Å². The molecular formula is C14H19NO4S. The molecule has 0 bridgehead atoms. The van der Waals surface area contributed by atoms with Crippen LogP contribution in [0.3, 0.4) is 0 Å². The minimum atomic E-state index is -0.872. The second-order valence-corrected chi connectivity index (χ2v) is 5.54. The first-order valence-corrected chi connectivity index (χ1v) is 7.00. The van der Waals surface area contributed by atoms with Crippen molar-refractivity contribution in [1.29, 1.82) is 0 Å². The maximum absolute atomic E-state index is 11.9. The Labute approximate surface area is 122 Å². The van der Waals surface area contributed by atoms with Crippen LogP contribution in [0.1, 0.15) is 27.2 Å². The highest BCUT2D eigenvalue weighted by Gasteiger charge is 2.23. The van der Waals surface area contributed by atoms with Crippen molar-refractivity contribution >= 4 is 28.3 Å². The summed E-state index contributed by atoms with van der Waals surface area (Å²) in [5.41, 5.74) is 1.39. The van der Waals surface area contributed by atoms with Crippen LogP contribution in [-0.4, -0.2) is 37.2 Å². The molecule has 1 heterocycles. The summed E-state index contributed by atoms with van der Waals surface area (Å²) in [5, 5.41) is 9.56. The molecule has 0 aliphatic rings. The fourth-order valence-electron chi connectivity index (χ4n) is 1.84. The Hall–Kier alpha value is -1.82. The molecule has 0 radical (unpaired) electrons. The molecule has 0 aliphatic heterocycles. The van der Waals surface area contributed by atoms with Crippen LogP contribution in [0.2, 0.25) is 0 Å². The highest BCUT2D eigenvalue weighted by molar-refractivity contribution is 7.16. The van der Waals surface area contributed by atoms with Crippen LogP contribution in [0.4, 0.5) is 5.00 Å². The number of aryl methyl sites for hydroxylation is 1. The molecule has 0 amide bonds. The van der Waals surface area contributed by atoms with Crippen molar-refractivity contribution in [3.8, 4) is 0 Å². The highest BCUT2D eigenvalue weighted by atomic mass is 32.1. The number of carbonyl (C=O) groups is 2. The zero-order valence-electron chi connectivity index (χ0n) is 11.9. The van der Waals surface area contributed by atoms with E-state index < -0.39 is 11.9 Å². The minimum absolute atomic E-state index is 0.00441. The van der Waals surface area contributed by atoms with E-state index in [0.717, 1.165) is 15.4 Å². The van der Waals surface area contributed by atoms with Gasteiger partial charge in [0.25, 0.3) is 0 Å². The van der Waals surface area contributed by atoms with E-state index in [2.05, 4.69) is 6.58 Å². The first kappa shape index (κ1) is 16.2. The SMILES string of the molecule is C=CCN(CCC(=O)O)c1sc(C)c(C)c1C(=O)OC. The van der Waals surface area contributed by atoms with Crippen molar-refractivity contribution in [3.05, 3.63) is 28.7 Å². The Morgan fingerprint density at radius 3 is 2.60 bits per heavy atom. The summed E-state index contributed by atoms with van der Waals surface area (Å²) in [6, 6.07) is 0. The molecule has 0 saturated carbocycles. The molecule has 0 spiro atoms. The van der Waals surface area contributed by atoms with Gasteiger partial charge in [-0.3, -0.25) is 4.79 Å². The molecule has 1 aromatic heterocycles. The number of thiophene rings is 1. The van der Waals surface area contributed by atoms with E-state index in [4.69, 9.17) is 9.84 Å². The topological polar surface area (TPSA) is 66.8 Å². The molecule has 0 saturated heterocycles. The van der Waals surface area contributed by atoms with Gasteiger partial charge in [0, 0.05) is 18.0 Å². The van der Waals surface area contributed by atoms with E-state index in [-0.39, 0.29) is 6.42 Å². The predicted octanol–water partition coefficient (Wildman–Crippen LogP) is 2.62. The summed E-state index contributed by atoms with van der Waals surface area (Å²) in [6.07, 6.45) is 1.69. The van der Waals surface area contributed by atoms with E-state index in [0.29, 0.717) is 18.7 Å². The van der Waals surface area contributed by atoms with Crippen LogP contribution in [-0.2, 0) is 9.53 Å². The molecule has 0 aromatic carbocycles. The van der Waals surface area contributed by atoms with E-state index >= 15 is 0 Å². The maximum atomic E-state index is 11.9. The minimum Gasteiger partial charge on any atom is -0.481 e. The number of carbonyl (C=O) groups excluding carboxylic acids is 1. The van der Waals surface area contributed by atoms with E-state index in [1.165, 1.54) is 18.4 Å². The van der Waals surface area contributed by atoms with Gasteiger partial charge in [-0.15, -0.1) is 17.9 Å². The number of nitrogens with zero attached hydrogens (tertiary/aromatic N) is 1. The number of hydrogen-bond donors (Lipinski definition) is 1. The Bertz CT molecular complexity index is 521. The van der Waals surface area contributed by atoms with Crippen LogP contribution in [0.25, 0.3) is 0 Å². The summed E-state index contributed by atoms with van der Waals surface area (Å²) in [4.78, 5) is 25.5. The molecular weight excluding hydrogens is 278 g/mol. The van der Waals surface area contributed by atoms with Gasteiger partial charge in [-0.1, -0.05) is 6.08 Å². The molecule has 0 unspecified atom stereocenters. The van der Waals surface area contributed by atoms with Crippen molar-refractivity contribution in [1.82, 2.24) is 0 Å². The van der Waals surface area contributed by atoms with Crippen LogP contribution in [0.5, 0.6) is 0 Å². The number of carboxylic acids is 1. The fraction of sp³-hybridized carbons (Fsp3) is 0.429. The van der Waals surface area contributed by atoms with Crippen molar-refractivity contribution in [2.75, 3.05) is 25.1 Å². The van der Waals surface area contributed by atoms with Crippen molar-refractivity contribution in [3.63, 3.8) is 0 Å². The maximum Gasteiger partial charge on any atom is 0.341 e. The van der Waals surface area contributed by atoms with Crippen molar-refractivity contribution in [2.24, 2.45) is 0 Å². The van der Waals surface area contributed by atoms with E-state index in [1.807, 2.05) is 18.7 Å². The summed E-state index contributed by atoms with van der Waals surface area (Å²) < 4.78 is 4.82. The summed E-state index contributed by atoms with van der Waals surface area (Å²) in [6.45, 7) is 8.28. The summed E-state index contributed by atoms with van der Waals surface area (Å²) in [7, 11) is 1.34. The molecule has 1 aromatic rings. The molecule has 0 atom stereocenters. The van der Waals surface area contributed by atoms with Crippen LogP contribution in [0, 0.1) is 13.8 Å². The van der Waals surface area contributed by atoms with Gasteiger partial charge in [0.15, 0.2) is 0 Å². The monoisotopic (exact) mass is 297 g/mol. The molecule has 0 aliphatic carbocycles. The first-order valence-electron chi connectivity index (χ1n) is 6.18. The quantitative estimate of drug-likeness (QED) is 0.619. The number of rotatable bonds is 7. The number of ether oxygens (including phenoxy) is 1. The molecule has 0 fully saturated rings. The molecule has 110 valence electrons. The summed E-state index contributed by atoms with van der Waals surface area (Å²) in [5.74, 6) is -1.27. The van der Waals surface area contributed by atoms with Gasteiger partial charge in [0.1, 0.15) is 5.00 Å². The van der Waals surface area contributed by atoms with Gasteiger partial charge in [0.2, 0.25) is 0 Å². The zero-order valence-corrected chi connectivity index (χ0v) is 12.7.